The molecule has 4 nitrogen and oxygen atoms in total. The number of halogens is 1. The van der Waals surface area contributed by atoms with Crippen LogP contribution in [-0.4, -0.2) is 28.0 Å². The SMILES string of the molecule is Cc1nn(Cc2ccc(Cl)cc2)c(C)c1CNCC(C)CO. The molecule has 0 radical (unpaired) electrons. The van der Waals surface area contributed by atoms with Crippen molar-refractivity contribution in [2.75, 3.05) is 13.2 Å². The maximum Gasteiger partial charge on any atom is 0.0662 e. The number of nitrogens with one attached hydrogen (secondary N) is 1. The maximum atomic E-state index is 9.06. The van der Waals surface area contributed by atoms with E-state index in [0.717, 1.165) is 30.4 Å². The summed E-state index contributed by atoms with van der Waals surface area (Å²) in [7, 11) is 0. The number of rotatable bonds is 7. The molecule has 22 heavy (non-hydrogen) atoms. The van der Waals surface area contributed by atoms with E-state index in [1.54, 1.807) is 0 Å². The Bertz CT molecular complexity index is 607. The lowest BCUT2D eigenvalue weighted by atomic mass is 10.1. The van der Waals surface area contributed by atoms with Crippen LogP contribution in [0.4, 0.5) is 0 Å². The summed E-state index contributed by atoms with van der Waals surface area (Å²) in [6, 6.07) is 7.86. The Balaban J connectivity index is 2.04. The van der Waals surface area contributed by atoms with E-state index in [-0.39, 0.29) is 12.5 Å². The molecule has 1 aromatic heterocycles. The van der Waals surface area contributed by atoms with E-state index >= 15 is 0 Å². The fraction of sp³-hybridized carbons (Fsp3) is 0.471. The molecule has 0 amide bonds. The third-order valence-corrected chi connectivity index (χ3v) is 4.14. The molecule has 2 N–H and O–H groups in total. The van der Waals surface area contributed by atoms with Gasteiger partial charge in [0.25, 0.3) is 0 Å². The molecule has 5 heteroatoms. The number of aryl methyl sites for hydroxylation is 1. The van der Waals surface area contributed by atoms with Crippen LogP contribution in [0, 0.1) is 19.8 Å². The van der Waals surface area contributed by atoms with Crippen LogP contribution < -0.4 is 5.32 Å². The standard InChI is InChI=1S/C17H24ClN3O/c1-12(11-22)8-19-9-17-13(2)20-21(14(17)3)10-15-4-6-16(18)7-5-15/h4-7,12,19,22H,8-11H2,1-3H3. The van der Waals surface area contributed by atoms with E-state index in [9.17, 15) is 0 Å². The van der Waals surface area contributed by atoms with Crippen LogP contribution in [0.15, 0.2) is 24.3 Å². The molecule has 120 valence electrons. The highest BCUT2D eigenvalue weighted by Crippen LogP contribution is 2.16. The van der Waals surface area contributed by atoms with Crippen LogP contribution in [0.25, 0.3) is 0 Å². The van der Waals surface area contributed by atoms with Crippen LogP contribution >= 0.6 is 11.6 Å². The van der Waals surface area contributed by atoms with Gasteiger partial charge in [0.05, 0.1) is 12.2 Å². The van der Waals surface area contributed by atoms with Gasteiger partial charge in [-0.15, -0.1) is 0 Å². The topological polar surface area (TPSA) is 50.1 Å². The number of benzene rings is 1. The van der Waals surface area contributed by atoms with Crippen molar-refractivity contribution in [3.05, 3.63) is 51.8 Å². The monoisotopic (exact) mass is 321 g/mol. The Hall–Kier alpha value is -1.36. The van der Waals surface area contributed by atoms with Crippen molar-refractivity contribution >= 4 is 11.6 Å². The van der Waals surface area contributed by atoms with Crippen molar-refractivity contribution in [2.24, 2.45) is 5.92 Å². The van der Waals surface area contributed by atoms with Crippen molar-refractivity contribution in [2.45, 2.75) is 33.9 Å². The average Bonchev–Trinajstić information content (AvgIpc) is 2.76. The highest BCUT2D eigenvalue weighted by atomic mass is 35.5. The number of hydrogen-bond donors (Lipinski definition) is 2. The van der Waals surface area contributed by atoms with E-state index < -0.39 is 0 Å². The summed E-state index contributed by atoms with van der Waals surface area (Å²) in [6.07, 6.45) is 0. The summed E-state index contributed by atoms with van der Waals surface area (Å²) >= 11 is 5.92. The molecule has 0 bridgehead atoms. The zero-order chi connectivity index (χ0) is 16.1. The first-order chi connectivity index (χ1) is 10.5. The molecule has 1 atom stereocenters. The molecule has 0 saturated carbocycles. The smallest absolute Gasteiger partial charge is 0.0662 e. The van der Waals surface area contributed by atoms with Gasteiger partial charge in [-0.3, -0.25) is 4.68 Å². The van der Waals surface area contributed by atoms with Crippen LogP contribution in [0.1, 0.15) is 29.4 Å². The maximum absolute atomic E-state index is 9.06. The Labute approximate surface area is 137 Å². The molecule has 0 aliphatic carbocycles. The van der Waals surface area contributed by atoms with E-state index in [1.165, 1.54) is 16.8 Å². The molecular weight excluding hydrogens is 298 g/mol. The molecule has 0 spiro atoms. The van der Waals surface area contributed by atoms with Crippen LogP contribution in [-0.2, 0) is 13.1 Å². The van der Waals surface area contributed by atoms with Gasteiger partial charge in [0.15, 0.2) is 0 Å². The van der Waals surface area contributed by atoms with Gasteiger partial charge in [-0.1, -0.05) is 30.7 Å². The van der Waals surface area contributed by atoms with Crippen molar-refractivity contribution in [3.63, 3.8) is 0 Å². The lowest BCUT2D eigenvalue weighted by Crippen LogP contribution is -2.23. The fourth-order valence-corrected chi connectivity index (χ4v) is 2.54. The van der Waals surface area contributed by atoms with E-state index in [4.69, 9.17) is 16.7 Å². The van der Waals surface area contributed by atoms with Crippen molar-refractivity contribution in [1.82, 2.24) is 15.1 Å². The lowest BCUT2D eigenvalue weighted by Gasteiger charge is -2.10. The Kier molecular flexibility index (Phi) is 6.00. The molecule has 2 aromatic rings. The Morgan fingerprint density at radius 2 is 1.95 bits per heavy atom. The third-order valence-electron chi connectivity index (χ3n) is 3.88. The number of aromatic nitrogens is 2. The molecule has 0 aliphatic rings. The summed E-state index contributed by atoms with van der Waals surface area (Å²) in [5, 5.41) is 17.8. The predicted octanol–water partition coefficient (Wildman–Crippen LogP) is 2.92. The van der Waals surface area contributed by atoms with E-state index in [2.05, 4.69) is 17.3 Å². The second-order valence-corrected chi connectivity index (χ2v) is 6.29. The van der Waals surface area contributed by atoms with Crippen molar-refractivity contribution in [3.8, 4) is 0 Å². The summed E-state index contributed by atoms with van der Waals surface area (Å²) in [5.41, 5.74) is 4.65. The highest BCUT2D eigenvalue weighted by Gasteiger charge is 2.12. The lowest BCUT2D eigenvalue weighted by molar-refractivity contribution is 0.233. The van der Waals surface area contributed by atoms with Crippen molar-refractivity contribution in [1.29, 1.82) is 0 Å². The number of nitrogens with zero attached hydrogens (tertiary/aromatic N) is 2. The number of aliphatic hydroxyl groups excluding tert-OH is 1. The van der Waals surface area contributed by atoms with Gasteiger partial charge in [-0.05, 0) is 37.5 Å². The molecule has 0 aliphatic heterocycles. The summed E-state index contributed by atoms with van der Waals surface area (Å²) in [4.78, 5) is 0. The summed E-state index contributed by atoms with van der Waals surface area (Å²) in [5.74, 6) is 0.268. The second-order valence-electron chi connectivity index (χ2n) is 5.85. The molecule has 0 saturated heterocycles. The first kappa shape index (κ1) is 17.0. The fourth-order valence-electron chi connectivity index (χ4n) is 2.41. The number of aliphatic hydroxyl groups is 1. The zero-order valence-electron chi connectivity index (χ0n) is 13.4. The van der Waals surface area contributed by atoms with E-state index in [0.29, 0.717) is 0 Å². The minimum absolute atomic E-state index is 0.209. The minimum Gasteiger partial charge on any atom is -0.396 e. The van der Waals surface area contributed by atoms with Gasteiger partial charge in [-0.2, -0.15) is 5.10 Å². The molecule has 2 rings (SSSR count). The van der Waals surface area contributed by atoms with Crippen LogP contribution in [0.3, 0.4) is 0 Å². The molecule has 1 aromatic carbocycles. The van der Waals surface area contributed by atoms with Gasteiger partial charge in [-0.25, -0.2) is 0 Å². The predicted molar refractivity (Wildman–Crippen MR) is 90.2 cm³/mol. The largest absolute Gasteiger partial charge is 0.396 e. The van der Waals surface area contributed by atoms with E-state index in [1.807, 2.05) is 42.8 Å². The van der Waals surface area contributed by atoms with Gasteiger partial charge in [0.1, 0.15) is 0 Å². The normalized spacial score (nSPS) is 12.6. The van der Waals surface area contributed by atoms with Gasteiger partial charge in [0, 0.05) is 36.0 Å². The Morgan fingerprint density at radius 1 is 1.27 bits per heavy atom. The Morgan fingerprint density at radius 3 is 2.59 bits per heavy atom. The van der Waals surface area contributed by atoms with Gasteiger partial charge in [0.2, 0.25) is 0 Å². The third kappa shape index (κ3) is 4.32. The first-order valence-corrected chi connectivity index (χ1v) is 7.98. The van der Waals surface area contributed by atoms with Crippen LogP contribution in [0.2, 0.25) is 5.02 Å². The average molecular weight is 322 g/mol. The molecular formula is C17H24ClN3O. The number of hydrogen-bond acceptors (Lipinski definition) is 3. The van der Waals surface area contributed by atoms with Crippen molar-refractivity contribution < 1.29 is 5.11 Å². The summed E-state index contributed by atoms with van der Waals surface area (Å²) < 4.78 is 2.03. The summed E-state index contributed by atoms with van der Waals surface area (Å²) in [6.45, 7) is 8.70. The first-order valence-electron chi connectivity index (χ1n) is 7.60. The minimum atomic E-state index is 0.209. The van der Waals surface area contributed by atoms with Gasteiger partial charge < -0.3 is 10.4 Å². The van der Waals surface area contributed by atoms with Crippen LogP contribution in [0.5, 0.6) is 0 Å². The second kappa shape index (κ2) is 7.77. The van der Waals surface area contributed by atoms with Gasteiger partial charge >= 0.3 is 0 Å². The highest BCUT2D eigenvalue weighted by molar-refractivity contribution is 6.30. The molecule has 1 unspecified atom stereocenters. The zero-order valence-corrected chi connectivity index (χ0v) is 14.2. The quantitative estimate of drug-likeness (QED) is 0.824. The molecule has 0 fully saturated rings. The molecule has 1 heterocycles.